The zero-order valence-corrected chi connectivity index (χ0v) is 44.0. The van der Waals surface area contributed by atoms with Crippen molar-refractivity contribution in [3.63, 3.8) is 0 Å². The van der Waals surface area contributed by atoms with Crippen LogP contribution in [0.4, 0.5) is 0 Å². The van der Waals surface area contributed by atoms with Crippen molar-refractivity contribution in [2.45, 2.75) is 354 Å². The molecule has 0 saturated carbocycles. The summed E-state index contributed by atoms with van der Waals surface area (Å²) in [4.78, 5) is 0. The van der Waals surface area contributed by atoms with Crippen LogP contribution in [0.5, 0.6) is 0 Å². The Morgan fingerprint density at radius 2 is 0.419 bits per heavy atom. The molecule has 6 heteroatoms. The fourth-order valence-electron chi connectivity index (χ4n) is 9.45. The first kappa shape index (κ1) is 63.9. The number of hydrogen-bond donors (Lipinski definition) is 2. The molecule has 0 spiro atoms. The fourth-order valence-corrected chi connectivity index (χ4v) is 9.45. The Hall–Kier alpha value is -0.170. The minimum atomic E-state index is -4.16. The second-order valence-electron chi connectivity index (χ2n) is 20.1. The molecule has 62 heavy (non-hydrogen) atoms. The van der Waals surface area contributed by atoms with E-state index < -0.39 is 10.4 Å². The van der Waals surface area contributed by atoms with Gasteiger partial charge >= 0.3 is 10.4 Å². The highest BCUT2D eigenvalue weighted by atomic mass is 32.3. The summed E-state index contributed by atoms with van der Waals surface area (Å²) >= 11 is 0. The van der Waals surface area contributed by atoms with E-state index in [4.69, 9.17) is 10.3 Å². The van der Waals surface area contributed by atoms with Gasteiger partial charge in [-0.05, 0) is 19.3 Å². The monoisotopic (exact) mass is 900 g/mol. The van der Waals surface area contributed by atoms with Crippen LogP contribution >= 0.6 is 0 Å². The summed E-state index contributed by atoms with van der Waals surface area (Å²) in [6.07, 6.45) is 73.4. The number of rotatable bonds is 52. The van der Waals surface area contributed by atoms with E-state index >= 15 is 0 Å². The van der Waals surface area contributed by atoms with Gasteiger partial charge in [0.1, 0.15) is 0 Å². The largest absolute Gasteiger partial charge is 0.397 e. The molecule has 0 unspecified atom stereocenters. The SMILES string of the molecule is CCCCCCCCCCCCCCCCCCC(N)(CCCCCCCCCCCCCCCCCC)CCCCCCCCCCCCCCCCCC.COS(=O)(=O)O. The molecule has 0 rings (SSSR count). The summed E-state index contributed by atoms with van der Waals surface area (Å²) in [6, 6.07) is 0. The summed E-state index contributed by atoms with van der Waals surface area (Å²) in [7, 11) is -3.29. The van der Waals surface area contributed by atoms with Crippen molar-refractivity contribution >= 4 is 10.4 Å². The number of hydrogen-bond acceptors (Lipinski definition) is 4. The van der Waals surface area contributed by atoms with E-state index in [-0.39, 0.29) is 5.54 Å². The van der Waals surface area contributed by atoms with Crippen LogP contribution in [0.3, 0.4) is 0 Å². The van der Waals surface area contributed by atoms with Gasteiger partial charge in [-0.2, -0.15) is 8.42 Å². The van der Waals surface area contributed by atoms with Crippen molar-refractivity contribution in [3.8, 4) is 0 Å². The predicted molar refractivity (Wildman–Crippen MR) is 278 cm³/mol. The molecule has 0 fully saturated rings. The van der Waals surface area contributed by atoms with Crippen molar-refractivity contribution in [3.05, 3.63) is 0 Å². The van der Waals surface area contributed by atoms with Crippen LogP contribution in [0.2, 0.25) is 0 Å². The first-order chi connectivity index (χ1) is 30.2. The average Bonchev–Trinajstić information content (AvgIpc) is 3.26. The molecule has 0 heterocycles. The van der Waals surface area contributed by atoms with Gasteiger partial charge in [0.2, 0.25) is 0 Å². The Labute approximate surface area is 392 Å². The summed E-state index contributed by atoms with van der Waals surface area (Å²) in [6.45, 7) is 6.95. The Morgan fingerprint density at radius 3 is 0.532 bits per heavy atom. The Bertz CT molecular complexity index is 823. The van der Waals surface area contributed by atoms with E-state index in [1.165, 1.54) is 327 Å². The minimum Gasteiger partial charge on any atom is -0.325 e. The zero-order chi connectivity index (χ0) is 45.8. The third-order valence-electron chi connectivity index (χ3n) is 13.8. The van der Waals surface area contributed by atoms with Gasteiger partial charge in [-0.15, -0.1) is 0 Å². The van der Waals surface area contributed by atoms with E-state index in [9.17, 15) is 8.42 Å². The molecule has 376 valence electrons. The lowest BCUT2D eigenvalue weighted by atomic mass is 9.82. The van der Waals surface area contributed by atoms with Crippen molar-refractivity contribution in [1.29, 1.82) is 0 Å². The fraction of sp³-hybridized carbons (Fsp3) is 1.00. The summed E-state index contributed by atoms with van der Waals surface area (Å²) in [5.41, 5.74) is 7.39. The van der Waals surface area contributed by atoms with Crippen molar-refractivity contribution < 1.29 is 17.2 Å². The quantitative estimate of drug-likeness (QED) is 0.0469. The van der Waals surface area contributed by atoms with Crippen LogP contribution in [0.1, 0.15) is 348 Å². The van der Waals surface area contributed by atoms with Gasteiger partial charge in [0.05, 0.1) is 7.11 Å². The van der Waals surface area contributed by atoms with Gasteiger partial charge < -0.3 is 5.73 Å². The molecule has 0 saturated heterocycles. The van der Waals surface area contributed by atoms with E-state index in [1.807, 2.05) is 0 Å². The third kappa shape index (κ3) is 57.8. The zero-order valence-electron chi connectivity index (χ0n) is 43.2. The van der Waals surface area contributed by atoms with Crippen LogP contribution in [0.15, 0.2) is 0 Å². The highest BCUT2D eigenvalue weighted by Crippen LogP contribution is 2.27. The molecule has 5 nitrogen and oxygen atoms in total. The number of unbranched alkanes of at least 4 members (excludes halogenated alkanes) is 45. The Kier molecular flexibility index (Phi) is 55.1. The van der Waals surface area contributed by atoms with Crippen LogP contribution in [-0.4, -0.2) is 25.6 Å². The van der Waals surface area contributed by atoms with Crippen molar-refractivity contribution in [2.24, 2.45) is 5.73 Å². The molecule has 0 bridgehead atoms. The van der Waals surface area contributed by atoms with Crippen molar-refractivity contribution in [2.75, 3.05) is 7.11 Å². The predicted octanol–water partition coefficient (Wildman–Crippen LogP) is 20.1. The van der Waals surface area contributed by atoms with E-state index in [0.717, 1.165) is 7.11 Å². The number of nitrogens with two attached hydrogens (primary N) is 1. The first-order valence-electron chi connectivity index (χ1n) is 28.6. The molecular formula is C56H117NO4S. The summed E-state index contributed by atoms with van der Waals surface area (Å²) in [5.74, 6) is 0. The van der Waals surface area contributed by atoms with Crippen LogP contribution in [-0.2, 0) is 14.6 Å². The second-order valence-corrected chi connectivity index (χ2v) is 21.3. The molecular weight excluding hydrogens is 783 g/mol. The first-order valence-corrected chi connectivity index (χ1v) is 29.9. The van der Waals surface area contributed by atoms with E-state index in [0.29, 0.717) is 0 Å². The lowest BCUT2D eigenvalue weighted by Gasteiger charge is -2.30. The second kappa shape index (κ2) is 53.4. The maximum atomic E-state index is 9.33. The molecule has 0 aliphatic carbocycles. The van der Waals surface area contributed by atoms with Crippen LogP contribution in [0, 0.1) is 0 Å². The molecule has 0 radical (unpaired) electrons. The summed E-state index contributed by atoms with van der Waals surface area (Å²) in [5, 5.41) is 0. The molecule has 3 N–H and O–H groups in total. The normalized spacial score (nSPS) is 12.0. The van der Waals surface area contributed by atoms with Gasteiger partial charge in [-0.25, -0.2) is 0 Å². The lowest BCUT2D eigenvalue weighted by molar-refractivity contribution is 0.302. The van der Waals surface area contributed by atoms with E-state index in [2.05, 4.69) is 25.0 Å². The standard InChI is InChI=1S/C55H113N.CH4O4S/c1-4-7-10-13-16-19-22-25-28-31-34-37-40-43-46-49-52-55(56,53-50-47-44-41-38-35-32-29-26-23-20-17-14-11-8-5-2)54-51-48-45-42-39-36-33-30-27-24-21-18-15-12-9-6-3;1-5-6(2,3)4/h4-54,56H2,1-3H3;1H3,(H,2,3,4). The molecule has 0 aromatic heterocycles. The smallest absolute Gasteiger partial charge is 0.325 e. The molecule has 0 aliphatic rings. The Morgan fingerprint density at radius 1 is 0.306 bits per heavy atom. The summed E-state index contributed by atoms with van der Waals surface area (Å²) < 4.78 is 29.7. The van der Waals surface area contributed by atoms with Gasteiger partial charge in [-0.3, -0.25) is 8.74 Å². The highest BCUT2D eigenvalue weighted by Gasteiger charge is 2.23. The van der Waals surface area contributed by atoms with E-state index in [1.54, 1.807) is 0 Å². The lowest BCUT2D eigenvalue weighted by Crippen LogP contribution is -2.39. The van der Waals surface area contributed by atoms with Gasteiger partial charge in [0.25, 0.3) is 0 Å². The average molecular weight is 901 g/mol. The van der Waals surface area contributed by atoms with Crippen LogP contribution < -0.4 is 5.73 Å². The van der Waals surface area contributed by atoms with Gasteiger partial charge in [-0.1, -0.05) is 329 Å². The van der Waals surface area contributed by atoms with Crippen LogP contribution in [0.25, 0.3) is 0 Å². The maximum absolute atomic E-state index is 9.33. The maximum Gasteiger partial charge on any atom is 0.397 e. The van der Waals surface area contributed by atoms with Gasteiger partial charge in [0, 0.05) is 5.54 Å². The topological polar surface area (TPSA) is 89.6 Å². The highest BCUT2D eigenvalue weighted by molar-refractivity contribution is 7.80. The van der Waals surface area contributed by atoms with Crippen molar-refractivity contribution in [1.82, 2.24) is 0 Å². The van der Waals surface area contributed by atoms with Gasteiger partial charge in [0.15, 0.2) is 0 Å². The molecule has 0 aromatic rings. The Balaban J connectivity index is 0. The molecule has 0 atom stereocenters. The molecule has 0 amide bonds. The minimum absolute atomic E-state index is 0.113. The third-order valence-corrected chi connectivity index (χ3v) is 14.2. The molecule has 0 aliphatic heterocycles. The molecule has 0 aromatic carbocycles.